The van der Waals surface area contributed by atoms with Gasteiger partial charge in [-0.1, -0.05) is 6.07 Å². The van der Waals surface area contributed by atoms with E-state index in [-0.39, 0.29) is 18.2 Å². The van der Waals surface area contributed by atoms with Crippen molar-refractivity contribution in [1.82, 2.24) is 9.29 Å². The summed E-state index contributed by atoms with van der Waals surface area (Å²) in [6, 6.07) is 5.49. The Morgan fingerprint density at radius 1 is 1.16 bits per heavy atom. The Morgan fingerprint density at radius 2 is 1.87 bits per heavy atom. The molecule has 0 saturated carbocycles. The molecule has 1 aliphatic carbocycles. The second kappa shape index (κ2) is 9.05. The number of hydrogen-bond donors (Lipinski definition) is 2. The Kier molecular flexibility index (Phi) is 6.40. The van der Waals surface area contributed by atoms with Crippen LogP contribution in [0.4, 0.5) is 5.13 Å². The van der Waals surface area contributed by atoms with Crippen molar-refractivity contribution in [2.75, 3.05) is 18.4 Å². The number of amides is 2. The Labute approximate surface area is 185 Å². The van der Waals surface area contributed by atoms with Crippen molar-refractivity contribution in [3.8, 4) is 0 Å². The maximum absolute atomic E-state index is 13.1. The van der Waals surface area contributed by atoms with E-state index < -0.39 is 15.9 Å². The van der Waals surface area contributed by atoms with Crippen LogP contribution in [0.1, 0.15) is 42.5 Å². The molecule has 2 aliphatic rings. The Hall–Kier alpha value is -2.30. The van der Waals surface area contributed by atoms with Crippen molar-refractivity contribution < 1.29 is 18.0 Å². The van der Waals surface area contributed by atoms with Crippen LogP contribution in [0, 0.1) is 5.92 Å². The van der Waals surface area contributed by atoms with Crippen LogP contribution in [0.3, 0.4) is 0 Å². The lowest BCUT2D eigenvalue weighted by Gasteiger charge is -2.30. The van der Waals surface area contributed by atoms with Gasteiger partial charge in [-0.2, -0.15) is 4.31 Å². The summed E-state index contributed by atoms with van der Waals surface area (Å²) in [6.45, 7) is 0.616. The van der Waals surface area contributed by atoms with Crippen LogP contribution in [0.15, 0.2) is 28.5 Å². The van der Waals surface area contributed by atoms with Crippen molar-refractivity contribution in [1.29, 1.82) is 0 Å². The molecule has 8 nitrogen and oxygen atoms in total. The van der Waals surface area contributed by atoms with Gasteiger partial charge in [0.1, 0.15) is 0 Å². The fraction of sp³-hybridized carbons (Fsp3) is 0.476. The van der Waals surface area contributed by atoms with Crippen molar-refractivity contribution in [3.05, 3.63) is 40.4 Å². The highest BCUT2D eigenvalue weighted by Crippen LogP contribution is 2.29. The molecule has 2 heterocycles. The van der Waals surface area contributed by atoms with Gasteiger partial charge < -0.3 is 11.1 Å². The first-order chi connectivity index (χ1) is 14.8. The minimum Gasteiger partial charge on any atom is -0.369 e. The molecular weight excluding hydrogens is 436 g/mol. The average molecular weight is 463 g/mol. The van der Waals surface area contributed by atoms with E-state index in [0.717, 1.165) is 31.2 Å². The first-order valence-electron chi connectivity index (χ1n) is 10.5. The Balaban J connectivity index is 1.36. The summed E-state index contributed by atoms with van der Waals surface area (Å²) in [4.78, 5) is 28.1. The van der Waals surface area contributed by atoms with Gasteiger partial charge in [0.15, 0.2) is 5.13 Å². The molecule has 1 fully saturated rings. The molecule has 31 heavy (non-hydrogen) atoms. The number of primary amides is 1. The molecule has 1 saturated heterocycles. The number of rotatable bonds is 6. The molecule has 2 amide bonds. The molecule has 0 atom stereocenters. The molecule has 0 spiro atoms. The molecular formula is C21H26N4O4S2. The average Bonchev–Trinajstić information content (AvgIpc) is 3.19. The lowest BCUT2D eigenvalue weighted by molar-refractivity contribution is -0.121. The Bertz CT molecular complexity index is 1090. The second-order valence-electron chi connectivity index (χ2n) is 8.09. The highest BCUT2D eigenvalue weighted by molar-refractivity contribution is 7.89. The fourth-order valence-corrected chi connectivity index (χ4v) is 6.44. The highest BCUT2D eigenvalue weighted by atomic mass is 32.2. The number of nitrogens with two attached hydrogens (primary N) is 1. The molecule has 1 aromatic carbocycles. The monoisotopic (exact) mass is 462 g/mol. The summed E-state index contributed by atoms with van der Waals surface area (Å²) >= 11 is 1.24. The first-order valence-corrected chi connectivity index (χ1v) is 12.8. The lowest BCUT2D eigenvalue weighted by atomic mass is 9.92. The lowest BCUT2D eigenvalue weighted by Crippen LogP contribution is -2.41. The van der Waals surface area contributed by atoms with Gasteiger partial charge >= 0.3 is 0 Å². The second-order valence-corrected chi connectivity index (χ2v) is 10.9. The van der Waals surface area contributed by atoms with E-state index >= 15 is 0 Å². The molecule has 10 heteroatoms. The number of anilines is 1. The van der Waals surface area contributed by atoms with E-state index in [1.165, 1.54) is 21.2 Å². The van der Waals surface area contributed by atoms with Gasteiger partial charge in [0.2, 0.25) is 21.8 Å². The van der Waals surface area contributed by atoms with Gasteiger partial charge in [0.25, 0.3) is 0 Å². The standard InChI is InChI=1S/C21H26N4O4S2/c22-19(26)12-17-13-30-21(23-17)24-20(27)15-7-9-25(10-8-15)31(28,29)18-6-5-14-3-1-2-4-16(14)11-18/h5-6,11,13,15H,1-4,7-10,12H2,(H2,22,26)(H,23,24,27). The van der Waals surface area contributed by atoms with Gasteiger partial charge in [0.05, 0.1) is 17.0 Å². The number of hydrogen-bond acceptors (Lipinski definition) is 6. The largest absolute Gasteiger partial charge is 0.369 e. The third-order valence-electron chi connectivity index (χ3n) is 5.92. The van der Waals surface area contributed by atoms with Crippen LogP contribution in [-0.4, -0.2) is 42.6 Å². The summed E-state index contributed by atoms with van der Waals surface area (Å²) in [7, 11) is -3.56. The Morgan fingerprint density at radius 3 is 2.58 bits per heavy atom. The molecule has 3 N–H and O–H groups in total. The highest BCUT2D eigenvalue weighted by Gasteiger charge is 2.32. The van der Waals surface area contributed by atoms with Crippen LogP contribution in [0.25, 0.3) is 0 Å². The third-order valence-corrected chi connectivity index (χ3v) is 8.62. The number of fused-ring (bicyclic) bond motifs is 1. The van der Waals surface area contributed by atoms with Crippen LogP contribution >= 0.6 is 11.3 Å². The zero-order valence-corrected chi connectivity index (χ0v) is 18.8. The molecule has 2 aromatic rings. The molecule has 0 unspecified atom stereocenters. The predicted octanol–water partition coefficient (Wildman–Crippen LogP) is 2.09. The number of nitrogens with zero attached hydrogens (tertiary/aromatic N) is 2. The topological polar surface area (TPSA) is 122 Å². The number of piperidine rings is 1. The van der Waals surface area contributed by atoms with Crippen molar-refractivity contribution in [2.45, 2.75) is 49.8 Å². The van der Waals surface area contributed by atoms with Gasteiger partial charge in [-0.15, -0.1) is 11.3 Å². The molecule has 0 radical (unpaired) electrons. The first kappa shape index (κ1) is 21.9. The zero-order valence-electron chi connectivity index (χ0n) is 17.2. The summed E-state index contributed by atoms with van der Waals surface area (Å²) in [6.07, 6.45) is 5.14. The number of thiazole rings is 1. The molecule has 4 rings (SSSR count). The number of benzene rings is 1. The minimum absolute atomic E-state index is 0.0330. The molecule has 1 aliphatic heterocycles. The summed E-state index contributed by atoms with van der Waals surface area (Å²) in [5.41, 5.74) is 8.08. The van der Waals surface area contributed by atoms with E-state index in [9.17, 15) is 18.0 Å². The van der Waals surface area contributed by atoms with Crippen LogP contribution in [0.2, 0.25) is 0 Å². The van der Waals surface area contributed by atoms with Gasteiger partial charge in [-0.3, -0.25) is 9.59 Å². The molecule has 1 aromatic heterocycles. The smallest absolute Gasteiger partial charge is 0.243 e. The summed E-state index contributed by atoms with van der Waals surface area (Å²) < 4.78 is 27.7. The number of carbonyl (C=O) groups is 2. The minimum atomic E-state index is -3.56. The SMILES string of the molecule is NC(=O)Cc1csc(NC(=O)C2CCN(S(=O)(=O)c3ccc4c(c3)CCCC4)CC2)n1. The number of carbonyl (C=O) groups excluding carboxylic acids is 2. The van der Waals surface area contributed by atoms with E-state index in [0.29, 0.717) is 41.7 Å². The quantitative estimate of drug-likeness (QED) is 0.681. The van der Waals surface area contributed by atoms with Crippen LogP contribution in [-0.2, 0) is 38.9 Å². The van der Waals surface area contributed by atoms with Crippen molar-refractivity contribution in [3.63, 3.8) is 0 Å². The summed E-state index contributed by atoms with van der Waals surface area (Å²) in [5.74, 6) is -0.931. The number of nitrogens with one attached hydrogen (secondary N) is 1. The van der Waals surface area contributed by atoms with Crippen molar-refractivity contribution >= 4 is 38.3 Å². The zero-order chi connectivity index (χ0) is 22.0. The number of aromatic nitrogens is 1. The van der Waals surface area contributed by atoms with E-state index in [4.69, 9.17) is 5.73 Å². The third kappa shape index (κ3) is 4.97. The normalized spacial score (nSPS) is 17.8. The predicted molar refractivity (Wildman–Crippen MR) is 118 cm³/mol. The fourth-order valence-electron chi connectivity index (χ4n) is 4.21. The van der Waals surface area contributed by atoms with Gasteiger partial charge in [0, 0.05) is 24.4 Å². The van der Waals surface area contributed by atoms with Gasteiger partial charge in [-0.25, -0.2) is 13.4 Å². The van der Waals surface area contributed by atoms with E-state index in [1.807, 2.05) is 12.1 Å². The van der Waals surface area contributed by atoms with Crippen molar-refractivity contribution in [2.24, 2.45) is 11.7 Å². The molecule has 166 valence electrons. The van der Waals surface area contributed by atoms with E-state index in [1.54, 1.807) is 11.4 Å². The number of aryl methyl sites for hydroxylation is 2. The maximum Gasteiger partial charge on any atom is 0.243 e. The maximum atomic E-state index is 13.1. The summed E-state index contributed by atoms with van der Waals surface area (Å²) in [5, 5.41) is 4.88. The van der Waals surface area contributed by atoms with E-state index in [2.05, 4.69) is 10.3 Å². The van der Waals surface area contributed by atoms with Crippen LogP contribution in [0.5, 0.6) is 0 Å². The van der Waals surface area contributed by atoms with Gasteiger partial charge in [-0.05, 0) is 61.8 Å². The number of sulfonamides is 1. The van der Waals surface area contributed by atoms with Crippen LogP contribution < -0.4 is 11.1 Å². The molecule has 0 bridgehead atoms.